The van der Waals surface area contributed by atoms with Crippen molar-refractivity contribution in [3.8, 4) is 5.75 Å². The largest absolute Gasteiger partial charge is 0.494 e. The van der Waals surface area contributed by atoms with Crippen molar-refractivity contribution >= 4 is 11.5 Å². The van der Waals surface area contributed by atoms with E-state index in [0.29, 0.717) is 0 Å². The van der Waals surface area contributed by atoms with Crippen LogP contribution in [0.3, 0.4) is 0 Å². The first-order chi connectivity index (χ1) is 9.26. The number of methoxy groups -OCH3 is 1. The molecule has 2 aromatic rings. The second kappa shape index (κ2) is 6.58. The number of aromatic nitrogens is 2. The lowest BCUT2D eigenvalue weighted by molar-refractivity contribution is 0.385. The van der Waals surface area contributed by atoms with Gasteiger partial charge in [0.05, 0.1) is 24.2 Å². The third-order valence-corrected chi connectivity index (χ3v) is 3.50. The van der Waals surface area contributed by atoms with Gasteiger partial charge in [-0.05, 0) is 42.2 Å². The lowest BCUT2D eigenvalue weighted by atomic mass is 10.1. The summed E-state index contributed by atoms with van der Waals surface area (Å²) in [5.41, 5.74) is 0.845. The normalized spacial score (nSPS) is 12.4. The van der Waals surface area contributed by atoms with Crippen molar-refractivity contribution in [2.75, 3.05) is 13.7 Å². The molecule has 0 aliphatic heterocycles. The van der Waals surface area contributed by atoms with Crippen LogP contribution in [-0.4, -0.2) is 23.2 Å². The summed E-state index contributed by atoms with van der Waals surface area (Å²) in [5.74, 6) is -0.110. The quantitative estimate of drug-likeness (QED) is 0.884. The molecule has 4 nitrogen and oxygen atoms in total. The molecule has 1 unspecified atom stereocenters. The third kappa shape index (κ3) is 3.27. The van der Waals surface area contributed by atoms with Gasteiger partial charge in [0.25, 0.3) is 0 Å². The summed E-state index contributed by atoms with van der Waals surface area (Å²) in [6, 6.07) is 4.90. The van der Waals surface area contributed by atoms with Crippen LogP contribution in [0.25, 0.3) is 0 Å². The maximum Gasteiger partial charge on any atom is 0.165 e. The number of hydrogen-bond acceptors (Lipinski definition) is 5. The Morgan fingerprint density at radius 2 is 2.32 bits per heavy atom. The smallest absolute Gasteiger partial charge is 0.165 e. The highest BCUT2D eigenvalue weighted by molar-refractivity contribution is 7.05. The van der Waals surface area contributed by atoms with Crippen LogP contribution in [0.1, 0.15) is 29.8 Å². The van der Waals surface area contributed by atoms with Crippen LogP contribution in [-0.2, 0) is 0 Å². The first-order valence-electron chi connectivity index (χ1n) is 6.10. The topological polar surface area (TPSA) is 47.0 Å². The number of halogens is 1. The Morgan fingerprint density at radius 3 is 2.89 bits per heavy atom. The summed E-state index contributed by atoms with van der Waals surface area (Å²) < 4.78 is 22.6. The van der Waals surface area contributed by atoms with Gasteiger partial charge in [-0.1, -0.05) is 17.5 Å². The zero-order valence-electron chi connectivity index (χ0n) is 10.9. The highest BCUT2D eigenvalue weighted by Crippen LogP contribution is 2.27. The molecule has 1 aromatic heterocycles. The van der Waals surface area contributed by atoms with Crippen molar-refractivity contribution < 1.29 is 9.13 Å². The number of hydrogen-bond donors (Lipinski definition) is 1. The van der Waals surface area contributed by atoms with E-state index in [1.165, 1.54) is 24.7 Å². The summed E-state index contributed by atoms with van der Waals surface area (Å²) in [6.45, 7) is 2.93. The Bertz CT molecular complexity index is 519. The molecule has 0 bridgehead atoms. The number of benzene rings is 1. The molecule has 6 heteroatoms. The minimum atomic E-state index is -0.360. The monoisotopic (exact) mass is 281 g/mol. The van der Waals surface area contributed by atoms with Crippen molar-refractivity contribution in [1.29, 1.82) is 0 Å². The maximum atomic E-state index is 13.8. The van der Waals surface area contributed by atoms with Gasteiger partial charge in [0.2, 0.25) is 0 Å². The molecule has 2 rings (SSSR count). The van der Waals surface area contributed by atoms with E-state index in [1.54, 1.807) is 12.3 Å². The molecule has 1 atom stereocenters. The SMILES string of the molecule is CCCNC(c1ccc(OC)c(F)c1)c1cnns1. The fraction of sp³-hybridized carbons (Fsp3) is 0.385. The van der Waals surface area contributed by atoms with Gasteiger partial charge in [-0.15, -0.1) is 5.10 Å². The minimum absolute atomic E-state index is 0.0830. The number of nitrogens with zero attached hydrogens (tertiary/aromatic N) is 2. The van der Waals surface area contributed by atoms with Crippen LogP contribution < -0.4 is 10.1 Å². The lowest BCUT2D eigenvalue weighted by Gasteiger charge is -2.17. The van der Waals surface area contributed by atoms with Gasteiger partial charge >= 0.3 is 0 Å². The van der Waals surface area contributed by atoms with Gasteiger partial charge in [0.15, 0.2) is 11.6 Å². The van der Waals surface area contributed by atoms with E-state index < -0.39 is 0 Å². The molecule has 0 fully saturated rings. The summed E-state index contributed by atoms with van der Waals surface area (Å²) in [6.07, 6.45) is 2.71. The first-order valence-corrected chi connectivity index (χ1v) is 6.87. The molecule has 1 heterocycles. The van der Waals surface area contributed by atoms with E-state index in [-0.39, 0.29) is 17.6 Å². The lowest BCUT2D eigenvalue weighted by Crippen LogP contribution is -2.22. The molecule has 0 saturated carbocycles. The van der Waals surface area contributed by atoms with Gasteiger partial charge < -0.3 is 10.1 Å². The molecule has 1 aromatic carbocycles. The van der Waals surface area contributed by atoms with Crippen molar-refractivity contribution in [2.45, 2.75) is 19.4 Å². The van der Waals surface area contributed by atoms with Crippen LogP contribution >= 0.6 is 11.5 Å². The van der Waals surface area contributed by atoms with Crippen molar-refractivity contribution in [1.82, 2.24) is 14.9 Å². The van der Waals surface area contributed by atoms with Gasteiger partial charge in [-0.25, -0.2) is 4.39 Å². The Hall–Kier alpha value is -1.53. The molecule has 102 valence electrons. The summed E-state index contributed by atoms with van der Waals surface area (Å²) >= 11 is 1.31. The molecule has 19 heavy (non-hydrogen) atoms. The van der Waals surface area contributed by atoms with E-state index in [2.05, 4.69) is 21.8 Å². The average molecular weight is 281 g/mol. The van der Waals surface area contributed by atoms with Crippen LogP contribution in [0.2, 0.25) is 0 Å². The van der Waals surface area contributed by atoms with Crippen LogP contribution in [0.4, 0.5) is 4.39 Å². The highest BCUT2D eigenvalue weighted by Gasteiger charge is 2.17. The molecular weight excluding hydrogens is 265 g/mol. The van der Waals surface area contributed by atoms with E-state index in [1.807, 2.05) is 6.07 Å². The predicted octanol–water partition coefficient (Wildman–Crippen LogP) is 2.77. The maximum absolute atomic E-state index is 13.8. The van der Waals surface area contributed by atoms with E-state index >= 15 is 0 Å². The number of nitrogens with one attached hydrogen (secondary N) is 1. The van der Waals surface area contributed by atoms with Crippen LogP contribution in [0.15, 0.2) is 24.4 Å². The Labute approximate surface area is 115 Å². The van der Waals surface area contributed by atoms with Crippen molar-refractivity contribution in [3.63, 3.8) is 0 Å². The standard InChI is InChI=1S/C13H16FN3OS/c1-3-6-15-13(12-8-16-17-19-12)9-4-5-11(18-2)10(14)7-9/h4-5,7-8,13,15H,3,6H2,1-2H3. The molecule has 0 saturated heterocycles. The summed E-state index contributed by atoms with van der Waals surface area (Å²) in [5, 5.41) is 7.22. The third-order valence-electron chi connectivity index (χ3n) is 2.77. The molecule has 0 radical (unpaired) electrons. The highest BCUT2D eigenvalue weighted by atomic mass is 32.1. The van der Waals surface area contributed by atoms with Crippen molar-refractivity contribution in [3.05, 3.63) is 40.7 Å². The molecule has 1 N–H and O–H groups in total. The fourth-order valence-electron chi connectivity index (χ4n) is 1.84. The number of ether oxygens (including phenoxy) is 1. The fourth-order valence-corrected chi connectivity index (χ4v) is 2.44. The van der Waals surface area contributed by atoms with Gasteiger partial charge in [0, 0.05) is 0 Å². The average Bonchev–Trinajstić information content (AvgIpc) is 2.93. The van der Waals surface area contributed by atoms with E-state index in [0.717, 1.165) is 23.4 Å². The van der Waals surface area contributed by atoms with Gasteiger partial charge in [-0.3, -0.25) is 0 Å². The van der Waals surface area contributed by atoms with Gasteiger partial charge in [0.1, 0.15) is 0 Å². The van der Waals surface area contributed by atoms with E-state index in [9.17, 15) is 4.39 Å². The Balaban J connectivity index is 2.30. The summed E-state index contributed by atoms with van der Waals surface area (Å²) in [4.78, 5) is 0.970. The van der Waals surface area contributed by atoms with E-state index in [4.69, 9.17) is 4.74 Å². The Kier molecular flexibility index (Phi) is 4.81. The molecule has 0 aliphatic rings. The zero-order chi connectivity index (χ0) is 13.7. The zero-order valence-corrected chi connectivity index (χ0v) is 11.7. The Morgan fingerprint density at radius 1 is 1.47 bits per heavy atom. The minimum Gasteiger partial charge on any atom is -0.494 e. The second-order valence-corrected chi connectivity index (χ2v) is 4.92. The van der Waals surface area contributed by atoms with Gasteiger partial charge in [-0.2, -0.15) is 0 Å². The second-order valence-electron chi connectivity index (χ2n) is 4.10. The van der Waals surface area contributed by atoms with Crippen molar-refractivity contribution in [2.24, 2.45) is 0 Å². The first kappa shape index (κ1) is 13.9. The number of rotatable bonds is 6. The predicted molar refractivity (Wildman–Crippen MR) is 73.0 cm³/mol. The summed E-state index contributed by atoms with van der Waals surface area (Å²) in [7, 11) is 1.46. The molecule has 0 aliphatic carbocycles. The molecular formula is C13H16FN3OS. The van der Waals surface area contributed by atoms with Crippen LogP contribution in [0, 0.1) is 5.82 Å². The molecule has 0 amide bonds. The molecule has 0 spiro atoms. The van der Waals surface area contributed by atoms with Crippen LogP contribution in [0.5, 0.6) is 5.75 Å².